The topological polar surface area (TPSA) is 67.0 Å². The first kappa shape index (κ1) is 18.7. The van der Waals surface area contributed by atoms with Crippen LogP contribution in [0.3, 0.4) is 0 Å². The van der Waals surface area contributed by atoms with Crippen molar-refractivity contribution in [1.29, 1.82) is 0 Å². The van der Waals surface area contributed by atoms with Gasteiger partial charge >= 0.3 is 6.09 Å². The molecule has 0 radical (unpaired) electrons. The number of imidazole rings is 1. The van der Waals surface area contributed by atoms with E-state index in [-0.39, 0.29) is 12.0 Å². The zero-order valence-electron chi connectivity index (χ0n) is 15.3. The lowest BCUT2D eigenvalue weighted by atomic mass is 9.88. The Bertz CT molecular complexity index is 749. The molecule has 0 aliphatic carbocycles. The van der Waals surface area contributed by atoms with Gasteiger partial charge in [0.25, 0.3) is 0 Å². The molecule has 0 saturated heterocycles. The molecule has 3 aromatic rings. The standard InChI is InChI=1S/C22H25N3O2/c26-22(27-15-7-12-20-16-23-17-25-20)24-14-13-21(18-8-3-1-4-9-18)19-10-5-2-6-11-19/h1-6,8-11,16-17,21H,7,12-15H2,(H,23,25)(H,24,26). The van der Waals surface area contributed by atoms with E-state index in [0.717, 1.165) is 25.0 Å². The lowest BCUT2D eigenvalue weighted by molar-refractivity contribution is 0.144. The van der Waals surface area contributed by atoms with Gasteiger partial charge in [-0.2, -0.15) is 0 Å². The molecule has 2 aromatic carbocycles. The molecule has 0 atom stereocenters. The van der Waals surface area contributed by atoms with Crippen molar-refractivity contribution in [2.24, 2.45) is 0 Å². The molecule has 5 nitrogen and oxygen atoms in total. The summed E-state index contributed by atoms with van der Waals surface area (Å²) in [6.07, 6.45) is 5.51. The average Bonchev–Trinajstić information content (AvgIpc) is 3.23. The number of hydrogen-bond donors (Lipinski definition) is 2. The summed E-state index contributed by atoms with van der Waals surface area (Å²) >= 11 is 0. The second-order valence-electron chi connectivity index (χ2n) is 6.39. The van der Waals surface area contributed by atoms with Crippen LogP contribution in [0, 0.1) is 0 Å². The van der Waals surface area contributed by atoms with Crippen LogP contribution < -0.4 is 5.32 Å². The van der Waals surface area contributed by atoms with E-state index in [9.17, 15) is 4.79 Å². The highest BCUT2D eigenvalue weighted by Crippen LogP contribution is 2.27. The normalized spacial score (nSPS) is 10.7. The van der Waals surface area contributed by atoms with Crippen LogP contribution in [0.15, 0.2) is 73.2 Å². The number of H-pyrrole nitrogens is 1. The first-order valence-corrected chi connectivity index (χ1v) is 9.31. The Morgan fingerprint density at radius 2 is 1.70 bits per heavy atom. The maximum Gasteiger partial charge on any atom is 0.407 e. The molecular formula is C22H25N3O2. The number of aromatic amines is 1. The molecule has 0 aliphatic rings. The van der Waals surface area contributed by atoms with Gasteiger partial charge in [-0.1, -0.05) is 60.7 Å². The van der Waals surface area contributed by atoms with Crippen LogP contribution in [0.25, 0.3) is 0 Å². The van der Waals surface area contributed by atoms with Crippen LogP contribution >= 0.6 is 0 Å². The van der Waals surface area contributed by atoms with Crippen LogP contribution in [0.2, 0.25) is 0 Å². The van der Waals surface area contributed by atoms with E-state index >= 15 is 0 Å². The second kappa shape index (κ2) is 10.2. The Kier molecular flexibility index (Phi) is 7.04. The predicted octanol–water partition coefficient (Wildman–Crippen LogP) is 4.29. The number of aromatic nitrogens is 2. The van der Waals surface area contributed by atoms with Gasteiger partial charge in [-0.15, -0.1) is 0 Å². The average molecular weight is 363 g/mol. The zero-order valence-corrected chi connectivity index (χ0v) is 15.3. The molecule has 27 heavy (non-hydrogen) atoms. The minimum atomic E-state index is -0.364. The molecule has 0 unspecified atom stereocenters. The third-order valence-corrected chi connectivity index (χ3v) is 4.47. The molecule has 0 aliphatic heterocycles. The fraction of sp³-hybridized carbons (Fsp3) is 0.273. The van der Waals surface area contributed by atoms with Gasteiger partial charge in [-0.05, 0) is 30.4 Å². The first-order chi connectivity index (χ1) is 13.3. The van der Waals surface area contributed by atoms with E-state index < -0.39 is 0 Å². The SMILES string of the molecule is O=C(NCCC(c1ccccc1)c1ccccc1)OCCCc1c[nH]cn1. The highest BCUT2D eigenvalue weighted by molar-refractivity contribution is 5.67. The Labute approximate surface area is 159 Å². The van der Waals surface area contributed by atoms with Crippen molar-refractivity contribution in [1.82, 2.24) is 15.3 Å². The van der Waals surface area contributed by atoms with Crippen molar-refractivity contribution in [2.75, 3.05) is 13.2 Å². The number of carbonyl (C=O) groups excluding carboxylic acids is 1. The summed E-state index contributed by atoms with van der Waals surface area (Å²) < 4.78 is 5.25. The maximum atomic E-state index is 11.9. The highest BCUT2D eigenvalue weighted by atomic mass is 16.5. The van der Waals surface area contributed by atoms with Crippen molar-refractivity contribution in [2.45, 2.75) is 25.2 Å². The molecule has 3 rings (SSSR count). The molecular weight excluding hydrogens is 338 g/mol. The summed E-state index contributed by atoms with van der Waals surface area (Å²) in [5.41, 5.74) is 3.48. The van der Waals surface area contributed by atoms with E-state index in [4.69, 9.17) is 4.74 Å². The quantitative estimate of drug-likeness (QED) is 0.557. The molecule has 2 N–H and O–H groups in total. The van der Waals surface area contributed by atoms with Crippen LogP contribution in [0.5, 0.6) is 0 Å². The van der Waals surface area contributed by atoms with Gasteiger partial charge < -0.3 is 15.0 Å². The van der Waals surface area contributed by atoms with Crippen molar-refractivity contribution >= 4 is 6.09 Å². The molecule has 0 bridgehead atoms. The van der Waals surface area contributed by atoms with Crippen LogP contribution in [-0.2, 0) is 11.2 Å². The lowest BCUT2D eigenvalue weighted by Gasteiger charge is -2.18. The van der Waals surface area contributed by atoms with Gasteiger partial charge in [0.15, 0.2) is 0 Å². The van der Waals surface area contributed by atoms with Crippen LogP contribution in [-0.4, -0.2) is 29.2 Å². The number of benzene rings is 2. The number of hydrogen-bond acceptors (Lipinski definition) is 3. The number of amides is 1. The number of nitrogens with one attached hydrogen (secondary N) is 2. The number of carbonyl (C=O) groups is 1. The Morgan fingerprint density at radius 3 is 2.30 bits per heavy atom. The van der Waals surface area contributed by atoms with Crippen LogP contribution in [0.4, 0.5) is 4.79 Å². The maximum absolute atomic E-state index is 11.9. The fourth-order valence-corrected chi connectivity index (χ4v) is 3.11. The fourth-order valence-electron chi connectivity index (χ4n) is 3.11. The minimum absolute atomic E-state index is 0.243. The van der Waals surface area contributed by atoms with Crippen molar-refractivity contribution in [3.05, 3.63) is 90.0 Å². The van der Waals surface area contributed by atoms with Crippen molar-refractivity contribution < 1.29 is 9.53 Å². The highest BCUT2D eigenvalue weighted by Gasteiger charge is 2.14. The molecule has 5 heteroatoms. The summed E-state index contributed by atoms with van der Waals surface area (Å²) in [4.78, 5) is 19.0. The van der Waals surface area contributed by atoms with Gasteiger partial charge in [-0.3, -0.25) is 0 Å². The second-order valence-corrected chi connectivity index (χ2v) is 6.39. The summed E-state index contributed by atoms with van der Waals surface area (Å²) in [6, 6.07) is 20.7. The van der Waals surface area contributed by atoms with E-state index in [1.165, 1.54) is 11.1 Å². The summed E-state index contributed by atoms with van der Waals surface area (Å²) in [6.45, 7) is 0.951. The Balaban J connectivity index is 1.44. The minimum Gasteiger partial charge on any atom is -0.450 e. The molecule has 0 spiro atoms. The monoisotopic (exact) mass is 363 g/mol. The van der Waals surface area contributed by atoms with Crippen molar-refractivity contribution in [3.63, 3.8) is 0 Å². The molecule has 0 fully saturated rings. The predicted molar refractivity (Wildman–Crippen MR) is 106 cm³/mol. The van der Waals surface area contributed by atoms with Gasteiger partial charge in [-0.25, -0.2) is 9.78 Å². The third kappa shape index (κ3) is 5.99. The Morgan fingerprint density at radius 1 is 1.04 bits per heavy atom. The summed E-state index contributed by atoms with van der Waals surface area (Å²) in [7, 11) is 0. The van der Waals surface area contributed by atoms with Crippen LogP contribution in [0.1, 0.15) is 35.6 Å². The molecule has 140 valence electrons. The number of alkyl carbamates (subject to hydrolysis) is 1. The van der Waals surface area contributed by atoms with Gasteiger partial charge in [0.05, 0.1) is 18.6 Å². The van der Waals surface area contributed by atoms with Gasteiger partial charge in [0, 0.05) is 18.7 Å². The largest absolute Gasteiger partial charge is 0.450 e. The molecule has 1 heterocycles. The Hall–Kier alpha value is -3.08. The van der Waals surface area contributed by atoms with E-state index in [2.05, 4.69) is 39.6 Å². The van der Waals surface area contributed by atoms with E-state index in [1.54, 1.807) is 6.33 Å². The molecule has 1 aromatic heterocycles. The smallest absolute Gasteiger partial charge is 0.407 e. The molecule has 0 saturated carbocycles. The zero-order chi connectivity index (χ0) is 18.7. The molecule has 1 amide bonds. The lowest BCUT2D eigenvalue weighted by Crippen LogP contribution is -2.27. The number of ether oxygens (including phenoxy) is 1. The summed E-state index contributed by atoms with van der Waals surface area (Å²) in [5, 5.41) is 2.86. The summed E-state index contributed by atoms with van der Waals surface area (Å²) in [5.74, 6) is 0.243. The number of rotatable bonds is 9. The number of aryl methyl sites for hydroxylation is 1. The van der Waals surface area contributed by atoms with Gasteiger partial charge in [0.2, 0.25) is 0 Å². The van der Waals surface area contributed by atoms with E-state index in [1.807, 2.05) is 42.6 Å². The van der Waals surface area contributed by atoms with Crippen molar-refractivity contribution in [3.8, 4) is 0 Å². The van der Waals surface area contributed by atoms with E-state index in [0.29, 0.717) is 13.2 Å². The first-order valence-electron chi connectivity index (χ1n) is 9.31. The number of nitrogens with zero attached hydrogens (tertiary/aromatic N) is 1. The van der Waals surface area contributed by atoms with Gasteiger partial charge in [0.1, 0.15) is 0 Å². The third-order valence-electron chi connectivity index (χ3n) is 4.47.